The Balaban J connectivity index is 1.83. The molecule has 4 heteroatoms. The second-order valence-electron chi connectivity index (χ2n) is 4.73. The summed E-state index contributed by atoms with van der Waals surface area (Å²) >= 11 is 1.73. The van der Waals surface area contributed by atoms with Crippen LogP contribution in [0.2, 0.25) is 0 Å². The van der Waals surface area contributed by atoms with Gasteiger partial charge in [-0.25, -0.2) is 0 Å². The quantitative estimate of drug-likeness (QED) is 0.826. The molecular weight excluding hydrogens is 242 g/mol. The van der Waals surface area contributed by atoms with E-state index in [1.54, 1.807) is 11.3 Å². The van der Waals surface area contributed by atoms with E-state index in [0.717, 1.165) is 26.2 Å². The Hall–Kier alpha value is -1.39. The molecular formula is C14H17N3S. The second kappa shape index (κ2) is 5.08. The number of hydrogen-bond acceptors (Lipinski definition) is 4. The molecule has 2 aromatic rings. The Labute approximate surface area is 112 Å². The van der Waals surface area contributed by atoms with Crippen LogP contribution in [0.5, 0.6) is 0 Å². The number of anilines is 1. The highest BCUT2D eigenvalue weighted by atomic mass is 32.1. The van der Waals surface area contributed by atoms with Gasteiger partial charge in [-0.15, -0.1) is 0 Å². The number of likely N-dealkylation sites (N-methyl/N-ethyl adjacent to an activating group) is 1. The van der Waals surface area contributed by atoms with Gasteiger partial charge in [0.25, 0.3) is 0 Å². The molecule has 0 unspecified atom stereocenters. The van der Waals surface area contributed by atoms with Gasteiger partial charge in [0, 0.05) is 37.9 Å². The van der Waals surface area contributed by atoms with Crippen molar-refractivity contribution in [3.63, 3.8) is 0 Å². The summed E-state index contributed by atoms with van der Waals surface area (Å²) in [6, 6.07) is 4.40. The SMILES string of the molecule is CN1CCN(c2cncc(-c3ccsc3)c2)CC1. The van der Waals surface area contributed by atoms with Crippen LogP contribution in [-0.4, -0.2) is 43.1 Å². The van der Waals surface area contributed by atoms with Crippen molar-refractivity contribution in [2.24, 2.45) is 0 Å². The minimum Gasteiger partial charge on any atom is -0.368 e. The molecule has 94 valence electrons. The molecule has 0 aromatic carbocycles. The highest BCUT2D eigenvalue weighted by molar-refractivity contribution is 7.08. The first kappa shape index (κ1) is 11.7. The summed E-state index contributed by atoms with van der Waals surface area (Å²) in [6.45, 7) is 4.43. The van der Waals surface area contributed by atoms with Crippen LogP contribution in [0.25, 0.3) is 11.1 Å². The number of aromatic nitrogens is 1. The van der Waals surface area contributed by atoms with Gasteiger partial charge in [0.15, 0.2) is 0 Å². The van der Waals surface area contributed by atoms with Crippen LogP contribution in [0.15, 0.2) is 35.3 Å². The number of pyridine rings is 1. The minimum absolute atomic E-state index is 1.09. The molecule has 0 saturated carbocycles. The van der Waals surface area contributed by atoms with Gasteiger partial charge in [0.05, 0.1) is 11.9 Å². The summed E-state index contributed by atoms with van der Waals surface area (Å²) in [5.41, 5.74) is 3.72. The van der Waals surface area contributed by atoms with E-state index >= 15 is 0 Å². The van der Waals surface area contributed by atoms with E-state index in [1.165, 1.54) is 16.8 Å². The fraction of sp³-hybridized carbons (Fsp3) is 0.357. The van der Waals surface area contributed by atoms with Gasteiger partial charge in [-0.1, -0.05) is 0 Å². The van der Waals surface area contributed by atoms with Gasteiger partial charge in [-0.05, 0) is 35.5 Å². The van der Waals surface area contributed by atoms with Crippen molar-refractivity contribution in [3.05, 3.63) is 35.3 Å². The minimum atomic E-state index is 1.09. The molecule has 1 aliphatic heterocycles. The normalized spacial score (nSPS) is 17.1. The van der Waals surface area contributed by atoms with E-state index in [4.69, 9.17) is 0 Å². The van der Waals surface area contributed by atoms with E-state index in [1.807, 2.05) is 12.4 Å². The van der Waals surface area contributed by atoms with Crippen molar-refractivity contribution in [1.82, 2.24) is 9.88 Å². The van der Waals surface area contributed by atoms with E-state index < -0.39 is 0 Å². The maximum atomic E-state index is 4.38. The summed E-state index contributed by atoms with van der Waals surface area (Å²) in [7, 11) is 2.18. The van der Waals surface area contributed by atoms with E-state index in [9.17, 15) is 0 Å². The molecule has 3 nitrogen and oxygen atoms in total. The third kappa shape index (κ3) is 2.40. The second-order valence-corrected chi connectivity index (χ2v) is 5.51. The van der Waals surface area contributed by atoms with Crippen LogP contribution in [0.1, 0.15) is 0 Å². The van der Waals surface area contributed by atoms with Crippen LogP contribution in [-0.2, 0) is 0 Å². The molecule has 1 fully saturated rings. The molecule has 0 radical (unpaired) electrons. The Morgan fingerprint density at radius 2 is 1.94 bits per heavy atom. The number of piperazine rings is 1. The number of hydrogen-bond donors (Lipinski definition) is 0. The first-order valence-electron chi connectivity index (χ1n) is 6.24. The van der Waals surface area contributed by atoms with Crippen LogP contribution in [0.4, 0.5) is 5.69 Å². The molecule has 1 saturated heterocycles. The van der Waals surface area contributed by atoms with Crippen molar-refractivity contribution in [3.8, 4) is 11.1 Å². The summed E-state index contributed by atoms with van der Waals surface area (Å²) < 4.78 is 0. The summed E-state index contributed by atoms with van der Waals surface area (Å²) in [5.74, 6) is 0. The monoisotopic (exact) mass is 259 g/mol. The number of thiophene rings is 1. The topological polar surface area (TPSA) is 19.4 Å². The summed E-state index contributed by atoms with van der Waals surface area (Å²) in [5, 5.41) is 4.28. The molecule has 3 rings (SSSR count). The average Bonchev–Trinajstić information content (AvgIpc) is 2.94. The van der Waals surface area contributed by atoms with E-state index in [2.05, 4.69) is 44.7 Å². The first-order chi connectivity index (χ1) is 8.83. The van der Waals surface area contributed by atoms with E-state index in [0.29, 0.717) is 0 Å². The molecule has 3 heterocycles. The molecule has 0 aliphatic carbocycles. The van der Waals surface area contributed by atoms with Crippen LogP contribution >= 0.6 is 11.3 Å². The largest absolute Gasteiger partial charge is 0.368 e. The van der Waals surface area contributed by atoms with Crippen molar-refractivity contribution in [2.75, 3.05) is 38.1 Å². The van der Waals surface area contributed by atoms with Crippen molar-refractivity contribution in [1.29, 1.82) is 0 Å². The summed E-state index contributed by atoms with van der Waals surface area (Å²) in [4.78, 5) is 9.17. The van der Waals surface area contributed by atoms with Gasteiger partial charge < -0.3 is 9.80 Å². The molecule has 0 N–H and O–H groups in total. The molecule has 0 atom stereocenters. The molecule has 0 amide bonds. The lowest BCUT2D eigenvalue weighted by Gasteiger charge is -2.33. The molecule has 0 spiro atoms. The lowest BCUT2D eigenvalue weighted by atomic mass is 10.1. The van der Waals surface area contributed by atoms with Gasteiger partial charge in [0.1, 0.15) is 0 Å². The van der Waals surface area contributed by atoms with Crippen molar-refractivity contribution >= 4 is 17.0 Å². The third-order valence-electron chi connectivity index (χ3n) is 3.45. The Bertz CT molecular complexity index is 502. The Morgan fingerprint density at radius 3 is 2.67 bits per heavy atom. The Morgan fingerprint density at radius 1 is 1.11 bits per heavy atom. The van der Waals surface area contributed by atoms with Gasteiger partial charge >= 0.3 is 0 Å². The van der Waals surface area contributed by atoms with Crippen LogP contribution in [0, 0.1) is 0 Å². The zero-order valence-corrected chi connectivity index (χ0v) is 11.4. The lowest BCUT2D eigenvalue weighted by Crippen LogP contribution is -2.44. The maximum absolute atomic E-state index is 4.38. The highest BCUT2D eigenvalue weighted by Crippen LogP contribution is 2.25. The number of nitrogens with zero attached hydrogens (tertiary/aromatic N) is 3. The highest BCUT2D eigenvalue weighted by Gasteiger charge is 2.14. The Kier molecular flexibility index (Phi) is 3.30. The van der Waals surface area contributed by atoms with Crippen LogP contribution < -0.4 is 4.90 Å². The third-order valence-corrected chi connectivity index (χ3v) is 4.13. The zero-order chi connectivity index (χ0) is 12.4. The van der Waals surface area contributed by atoms with Gasteiger partial charge in [-0.2, -0.15) is 11.3 Å². The molecule has 2 aromatic heterocycles. The predicted molar refractivity (Wildman–Crippen MR) is 77.3 cm³/mol. The average molecular weight is 259 g/mol. The van der Waals surface area contributed by atoms with Crippen molar-refractivity contribution in [2.45, 2.75) is 0 Å². The molecule has 1 aliphatic rings. The standard InChI is InChI=1S/C14H17N3S/c1-16-3-5-17(6-4-16)14-8-13(9-15-10-14)12-2-7-18-11-12/h2,7-11H,3-6H2,1H3. The molecule has 0 bridgehead atoms. The van der Waals surface area contributed by atoms with Gasteiger partial charge in [-0.3, -0.25) is 4.98 Å². The zero-order valence-electron chi connectivity index (χ0n) is 10.5. The predicted octanol–water partition coefficient (Wildman–Crippen LogP) is 2.56. The molecule has 18 heavy (non-hydrogen) atoms. The van der Waals surface area contributed by atoms with Crippen LogP contribution in [0.3, 0.4) is 0 Å². The summed E-state index contributed by atoms with van der Waals surface area (Å²) in [6.07, 6.45) is 3.92. The fourth-order valence-corrected chi connectivity index (χ4v) is 2.92. The first-order valence-corrected chi connectivity index (χ1v) is 7.18. The van der Waals surface area contributed by atoms with E-state index in [-0.39, 0.29) is 0 Å². The fourth-order valence-electron chi connectivity index (χ4n) is 2.25. The van der Waals surface area contributed by atoms with Crippen molar-refractivity contribution < 1.29 is 0 Å². The smallest absolute Gasteiger partial charge is 0.0559 e. The van der Waals surface area contributed by atoms with Gasteiger partial charge in [0.2, 0.25) is 0 Å². The maximum Gasteiger partial charge on any atom is 0.0559 e. The lowest BCUT2D eigenvalue weighted by molar-refractivity contribution is 0.313. The number of rotatable bonds is 2.